The van der Waals surface area contributed by atoms with Crippen LogP contribution in [-0.4, -0.2) is 23.6 Å². The third-order valence-corrected chi connectivity index (χ3v) is 3.97. The van der Waals surface area contributed by atoms with Crippen molar-refractivity contribution >= 4 is 23.1 Å². The highest BCUT2D eigenvalue weighted by atomic mass is 32.1. The van der Waals surface area contributed by atoms with Crippen molar-refractivity contribution in [3.05, 3.63) is 34.4 Å². The van der Waals surface area contributed by atoms with Gasteiger partial charge in [-0.2, -0.15) is 4.98 Å². The Morgan fingerprint density at radius 1 is 1.53 bits per heavy atom. The molecule has 0 saturated heterocycles. The normalized spacial score (nSPS) is 12.2. The van der Waals surface area contributed by atoms with Crippen molar-refractivity contribution in [2.45, 2.75) is 19.9 Å². The van der Waals surface area contributed by atoms with E-state index in [9.17, 15) is 4.39 Å². The predicted octanol–water partition coefficient (Wildman–Crippen LogP) is 3.31. The van der Waals surface area contributed by atoms with Gasteiger partial charge >= 0.3 is 0 Å². The molecule has 102 valence electrons. The molecule has 0 radical (unpaired) electrons. The number of hydrogen-bond donors (Lipinski definition) is 1. The van der Waals surface area contributed by atoms with E-state index in [0.717, 1.165) is 0 Å². The molecular formula is C13H17FN4S. The lowest BCUT2D eigenvalue weighted by Gasteiger charge is -2.25. The van der Waals surface area contributed by atoms with Crippen LogP contribution in [0.15, 0.2) is 23.7 Å². The topological polar surface area (TPSA) is 41.1 Å². The molecule has 0 aromatic carbocycles. The van der Waals surface area contributed by atoms with Crippen LogP contribution >= 0.6 is 11.3 Å². The lowest BCUT2D eigenvalue weighted by atomic mass is 10.2. The van der Waals surface area contributed by atoms with Gasteiger partial charge in [-0.3, -0.25) is 0 Å². The van der Waals surface area contributed by atoms with Crippen molar-refractivity contribution < 1.29 is 4.39 Å². The molecule has 0 bridgehead atoms. The molecule has 2 heterocycles. The van der Waals surface area contributed by atoms with Gasteiger partial charge in [0.1, 0.15) is 0 Å². The van der Waals surface area contributed by atoms with Gasteiger partial charge in [0.15, 0.2) is 11.6 Å². The Hall–Kier alpha value is -1.69. The van der Waals surface area contributed by atoms with Gasteiger partial charge in [0.2, 0.25) is 5.95 Å². The molecule has 2 aromatic heterocycles. The molecule has 2 aromatic rings. The summed E-state index contributed by atoms with van der Waals surface area (Å²) < 4.78 is 13.9. The lowest BCUT2D eigenvalue weighted by Crippen LogP contribution is -2.23. The van der Waals surface area contributed by atoms with Gasteiger partial charge in [-0.1, -0.05) is 6.07 Å². The molecule has 1 unspecified atom stereocenters. The van der Waals surface area contributed by atoms with Gasteiger partial charge in [0, 0.05) is 18.5 Å². The fourth-order valence-corrected chi connectivity index (χ4v) is 2.58. The molecule has 0 saturated carbocycles. The smallest absolute Gasteiger partial charge is 0.224 e. The summed E-state index contributed by atoms with van der Waals surface area (Å²) in [6.07, 6.45) is 1.21. The number of anilines is 2. The molecule has 0 aliphatic heterocycles. The second-order valence-corrected chi connectivity index (χ2v) is 5.18. The van der Waals surface area contributed by atoms with Crippen molar-refractivity contribution in [1.29, 1.82) is 0 Å². The van der Waals surface area contributed by atoms with Crippen molar-refractivity contribution in [1.82, 2.24) is 9.97 Å². The minimum absolute atomic E-state index is 0.0684. The summed E-state index contributed by atoms with van der Waals surface area (Å²) in [5.41, 5.74) is 0. The van der Waals surface area contributed by atoms with Gasteiger partial charge < -0.3 is 10.2 Å². The Balaban J connectivity index is 2.27. The maximum absolute atomic E-state index is 13.9. The molecule has 0 amide bonds. The van der Waals surface area contributed by atoms with E-state index in [4.69, 9.17) is 0 Å². The van der Waals surface area contributed by atoms with Crippen LogP contribution in [0.1, 0.15) is 24.8 Å². The zero-order valence-electron chi connectivity index (χ0n) is 11.2. The number of thiophene rings is 1. The molecule has 4 nitrogen and oxygen atoms in total. The van der Waals surface area contributed by atoms with Crippen molar-refractivity contribution in [3.8, 4) is 0 Å². The number of hydrogen-bond acceptors (Lipinski definition) is 5. The molecule has 0 fully saturated rings. The maximum atomic E-state index is 13.9. The number of aromatic nitrogens is 2. The first-order chi connectivity index (χ1) is 9.13. The molecule has 6 heteroatoms. The van der Waals surface area contributed by atoms with Crippen molar-refractivity contribution in [2.24, 2.45) is 0 Å². The summed E-state index contributed by atoms with van der Waals surface area (Å²) in [6, 6.07) is 4.10. The van der Waals surface area contributed by atoms with Crippen LogP contribution in [0, 0.1) is 5.82 Å². The van der Waals surface area contributed by atoms with E-state index < -0.39 is 5.82 Å². The average molecular weight is 280 g/mol. The summed E-state index contributed by atoms with van der Waals surface area (Å²) in [4.78, 5) is 11.1. The van der Waals surface area contributed by atoms with Crippen LogP contribution in [0.2, 0.25) is 0 Å². The van der Waals surface area contributed by atoms with Gasteiger partial charge in [-0.15, -0.1) is 11.3 Å². The lowest BCUT2D eigenvalue weighted by molar-refractivity contribution is 0.597. The number of rotatable bonds is 5. The predicted molar refractivity (Wildman–Crippen MR) is 77.3 cm³/mol. The molecule has 2 rings (SSSR count). The maximum Gasteiger partial charge on any atom is 0.224 e. The third-order valence-electron chi connectivity index (χ3n) is 2.93. The highest BCUT2D eigenvalue weighted by molar-refractivity contribution is 7.10. The standard InChI is InChI=1S/C13H17FN4S/c1-4-15-13-16-8-10(14)12(17-13)18(3)9(2)11-6-5-7-19-11/h5-9H,4H2,1-3H3,(H,15,16,17). The summed E-state index contributed by atoms with van der Waals surface area (Å²) >= 11 is 1.65. The number of nitrogens with one attached hydrogen (secondary N) is 1. The monoisotopic (exact) mass is 280 g/mol. The quantitative estimate of drug-likeness (QED) is 0.912. The first kappa shape index (κ1) is 13.7. The first-order valence-electron chi connectivity index (χ1n) is 6.16. The van der Waals surface area contributed by atoms with E-state index in [2.05, 4.69) is 15.3 Å². The molecule has 1 N–H and O–H groups in total. The molecular weight excluding hydrogens is 263 g/mol. The van der Waals surface area contributed by atoms with E-state index in [1.165, 1.54) is 11.1 Å². The van der Waals surface area contributed by atoms with E-state index >= 15 is 0 Å². The van der Waals surface area contributed by atoms with Gasteiger partial charge in [-0.05, 0) is 25.3 Å². The fourth-order valence-electron chi connectivity index (χ4n) is 1.75. The SMILES string of the molecule is CCNc1ncc(F)c(N(C)C(C)c2cccs2)n1. The molecule has 0 spiro atoms. The van der Waals surface area contributed by atoms with E-state index in [-0.39, 0.29) is 6.04 Å². The van der Waals surface area contributed by atoms with Crippen LogP contribution < -0.4 is 10.2 Å². The Labute approximate surface area is 116 Å². The second kappa shape index (κ2) is 5.97. The van der Waals surface area contributed by atoms with Crippen LogP contribution in [0.5, 0.6) is 0 Å². The van der Waals surface area contributed by atoms with E-state index in [0.29, 0.717) is 18.3 Å². The molecule has 0 aliphatic carbocycles. The van der Waals surface area contributed by atoms with E-state index in [1.54, 1.807) is 11.3 Å². The highest BCUT2D eigenvalue weighted by Crippen LogP contribution is 2.28. The fraction of sp³-hybridized carbons (Fsp3) is 0.385. The largest absolute Gasteiger partial charge is 0.354 e. The molecule has 1 atom stereocenters. The van der Waals surface area contributed by atoms with Crippen molar-refractivity contribution in [3.63, 3.8) is 0 Å². The summed E-state index contributed by atoms with van der Waals surface area (Å²) in [5.74, 6) is 0.350. The first-order valence-corrected chi connectivity index (χ1v) is 7.04. The highest BCUT2D eigenvalue weighted by Gasteiger charge is 2.18. The Morgan fingerprint density at radius 3 is 2.95 bits per heavy atom. The summed E-state index contributed by atoms with van der Waals surface area (Å²) in [6.45, 7) is 4.68. The summed E-state index contributed by atoms with van der Waals surface area (Å²) in [7, 11) is 1.84. The zero-order valence-corrected chi connectivity index (χ0v) is 12.0. The van der Waals surface area contributed by atoms with Crippen LogP contribution in [0.4, 0.5) is 16.2 Å². The van der Waals surface area contributed by atoms with Crippen LogP contribution in [0.3, 0.4) is 0 Å². The average Bonchev–Trinajstić information content (AvgIpc) is 2.93. The Kier molecular flexibility index (Phi) is 4.31. The van der Waals surface area contributed by atoms with Gasteiger partial charge in [0.05, 0.1) is 12.2 Å². The van der Waals surface area contributed by atoms with Gasteiger partial charge in [-0.25, -0.2) is 9.37 Å². The minimum Gasteiger partial charge on any atom is -0.354 e. The minimum atomic E-state index is -0.410. The second-order valence-electron chi connectivity index (χ2n) is 4.20. The third kappa shape index (κ3) is 3.01. The zero-order chi connectivity index (χ0) is 13.8. The van der Waals surface area contributed by atoms with Crippen LogP contribution in [0.25, 0.3) is 0 Å². The Bertz CT molecular complexity index is 529. The summed E-state index contributed by atoms with van der Waals surface area (Å²) in [5, 5.41) is 5.00. The number of nitrogens with zero attached hydrogens (tertiary/aromatic N) is 3. The van der Waals surface area contributed by atoms with Crippen molar-refractivity contribution in [2.75, 3.05) is 23.8 Å². The molecule has 19 heavy (non-hydrogen) atoms. The van der Waals surface area contributed by atoms with E-state index in [1.807, 2.05) is 43.3 Å². The van der Waals surface area contributed by atoms with Gasteiger partial charge in [0.25, 0.3) is 0 Å². The Morgan fingerprint density at radius 2 is 2.32 bits per heavy atom. The van der Waals surface area contributed by atoms with Crippen LogP contribution in [-0.2, 0) is 0 Å². The molecule has 0 aliphatic rings. The number of halogens is 1.